The molecule has 0 N–H and O–H groups in total. The molecule has 0 saturated heterocycles. The number of hydrogen-bond donors (Lipinski definition) is 0. The van der Waals surface area contributed by atoms with Gasteiger partial charge < -0.3 is 9.47 Å². The minimum atomic E-state index is -5.07. The van der Waals surface area contributed by atoms with Crippen molar-refractivity contribution in [3.8, 4) is 11.5 Å². The van der Waals surface area contributed by atoms with Crippen molar-refractivity contribution in [2.24, 2.45) is 35.5 Å². The third-order valence-electron chi connectivity index (χ3n) is 9.30. The summed E-state index contributed by atoms with van der Waals surface area (Å²) in [5.74, 6) is -0.499. The highest BCUT2D eigenvalue weighted by atomic mass is 19.4. The van der Waals surface area contributed by atoms with Gasteiger partial charge in [0.25, 0.3) is 0 Å². The fourth-order valence-corrected chi connectivity index (χ4v) is 6.71. The van der Waals surface area contributed by atoms with Crippen LogP contribution in [0.1, 0.15) is 96.8 Å². The Morgan fingerprint density at radius 1 is 0.718 bits per heavy atom. The fraction of sp³-hybridized carbons (Fsp3) is 0.742. The van der Waals surface area contributed by atoms with Crippen LogP contribution >= 0.6 is 0 Å². The Labute approximate surface area is 228 Å². The van der Waals surface area contributed by atoms with Crippen molar-refractivity contribution >= 4 is 0 Å². The minimum absolute atomic E-state index is 0.312. The van der Waals surface area contributed by atoms with Crippen LogP contribution in [0.25, 0.3) is 0 Å². The lowest BCUT2D eigenvalue weighted by Gasteiger charge is -2.34. The maximum Gasteiger partial charge on any atom is 0.573 e. The first kappa shape index (κ1) is 30.1. The maximum absolute atomic E-state index is 14.8. The molecule has 220 valence electrons. The zero-order chi connectivity index (χ0) is 28.0. The molecule has 3 saturated carbocycles. The van der Waals surface area contributed by atoms with Crippen molar-refractivity contribution in [2.75, 3.05) is 0 Å². The first-order valence-electron chi connectivity index (χ1n) is 14.8. The molecule has 0 bridgehead atoms. The van der Waals surface area contributed by atoms with Crippen molar-refractivity contribution in [3.05, 3.63) is 36.2 Å². The van der Waals surface area contributed by atoms with Crippen LogP contribution in [0.15, 0.2) is 30.4 Å². The standard InChI is InChI=1S/C31H42F6O2/c1-21-2-4-22(5-3-21)6-7-23-8-10-24(11-9-23)12-13-25-14-16-26(17-15-25)30(33,34)38-27-18-19-29(28(32)20-27)39-31(35,36)37/h6-7,18-26H,2-5,8-17H2,1H3/b7-6+. The van der Waals surface area contributed by atoms with Crippen LogP contribution in [0.4, 0.5) is 26.3 Å². The predicted molar refractivity (Wildman–Crippen MR) is 139 cm³/mol. The quantitative estimate of drug-likeness (QED) is 0.221. The van der Waals surface area contributed by atoms with E-state index >= 15 is 0 Å². The highest BCUT2D eigenvalue weighted by Crippen LogP contribution is 2.43. The monoisotopic (exact) mass is 560 g/mol. The van der Waals surface area contributed by atoms with E-state index in [-0.39, 0.29) is 0 Å². The van der Waals surface area contributed by atoms with E-state index in [9.17, 15) is 26.3 Å². The Morgan fingerprint density at radius 3 is 1.74 bits per heavy atom. The Morgan fingerprint density at radius 2 is 1.23 bits per heavy atom. The van der Waals surface area contributed by atoms with Gasteiger partial charge in [-0.3, -0.25) is 0 Å². The Balaban J connectivity index is 1.14. The summed E-state index contributed by atoms with van der Waals surface area (Å²) in [7, 11) is 0. The molecule has 0 aromatic heterocycles. The second-order valence-electron chi connectivity index (χ2n) is 12.3. The average Bonchev–Trinajstić information content (AvgIpc) is 2.89. The van der Waals surface area contributed by atoms with Crippen LogP contribution in [0, 0.1) is 41.3 Å². The van der Waals surface area contributed by atoms with E-state index in [4.69, 9.17) is 4.74 Å². The van der Waals surface area contributed by atoms with Gasteiger partial charge in [-0.05, 0) is 106 Å². The molecule has 3 aliphatic rings. The lowest BCUT2D eigenvalue weighted by molar-refractivity contribution is -0.275. The molecule has 3 aliphatic carbocycles. The Hall–Kier alpha value is -1.86. The molecule has 8 heteroatoms. The second-order valence-corrected chi connectivity index (χ2v) is 12.3. The molecule has 39 heavy (non-hydrogen) atoms. The summed E-state index contributed by atoms with van der Waals surface area (Å²) >= 11 is 0. The molecule has 0 amide bonds. The highest BCUT2D eigenvalue weighted by Gasteiger charge is 2.44. The molecule has 4 rings (SSSR count). The molecule has 0 atom stereocenters. The first-order valence-corrected chi connectivity index (χ1v) is 14.8. The maximum atomic E-state index is 14.8. The molecule has 0 heterocycles. The molecule has 0 aliphatic heterocycles. The van der Waals surface area contributed by atoms with Gasteiger partial charge in [0, 0.05) is 6.07 Å². The molecular weight excluding hydrogens is 518 g/mol. The lowest BCUT2D eigenvalue weighted by atomic mass is 9.75. The number of ether oxygens (including phenoxy) is 2. The van der Waals surface area contributed by atoms with Gasteiger partial charge in [-0.2, -0.15) is 8.78 Å². The smallest absolute Gasteiger partial charge is 0.432 e. The summed E-state index contributed by atoms with van der Waals surface area (Å²) in [6.07, 6.45) is 11.0. The van der Waals surface area contributed by atoms with Crippen molar-refractivity contribution in [3.63, 3.8) is 0 Å². The van der Waals surface area contributed by atoms with Gasteiger partial charge in [-0.1, -0.05) is 44.8 Å². The van der Waals surface area contributed by atoms with E-state index in [1.165, 1.54) is 51.4 Å². The average molecular weight is 561 g/mol. The third-order valence-corrected chi connectivity index (χ3v) is 9.30. The zero-order valence-corrected chi connectivity index (χ0v) is 22.8. The first-order chi connectivity index (χ1) is 18.5. The van der Waals surface area contributed by atoms with Gasteiger partial charge in [-0.15, -0.1) is 13.2 Å². The summed E-state index contributed by atoms with van der Waals surface area (Å²) in [6.45, 7) is 2.35. The predicted octanol–water partition coefficient (Wildman–Crippen LogP) is 10.5. The molecule has 3 fully saturated rings. The third kappa shape index (κ3) is 9.34. The van der Waals surface area contributed by atoms with Gasteiger partial charge in [-0.25, -0.2) is 4.39 Å². The second kappa shape index (κ2) is 13.2. The molecular formula is C31H42F6O2. The van der Waals surface area contributed by atoms with Gasteiger partial charge in [0.1, 0.15) is 5.75 Å². The summed E-state index contributed by atoms with van der Waals surface area (Å²) in [6, 6.07) is 2.01. The van der Waals surface area contributed by atoms with Gasteiger partial charge in [0.05, 0.1) is 5.92 Å². The number of rotatable bonds is 9. The Bertz CT molecular complexity index is 921. The summed E-state index contributed by atoms with van der Waals surface area (Å²) < 4.78 is 88.6. The minimum Gasteiger partial charge on any atom is -0.432 e. The lowest BCUT2D eigenvalue weighted by Crippen LogP contribution is -2.37. The number of halogens is 6. The van der Waals surface area contributed by atoms with Crippen LogP contribution in [-0.2, 0) is 0 Å². The topological polar surface area (TPSA) is 18.5 Å². The highest BCUT2D eigenvalue weighted by molar-refractivity contribution is 5.33. The van der Waals surface area contributed by atoms with Crippen molar-refractivity contribution in [1.29, 1.82) is 0 Å². The van der Waals surface area contributed by atoms with E-state index < -0.39 is 35.7 Å². The van der Waals surface area contributed by atoms with E-state index in [1.807, 2.05) is 0 Å². The van der Waals surface area contributed by atoms with E-state index in [1.54, 1.807) is 0 Å². The molecule has 1 aromatic carbocycles. The molecule has 0 spiro atoms. The molecule has 0 unspecified atom stereocenters. The molecule has 2 nitrogen and oxygen atoms in total. The van der Waals surface area contributed by atoms with Crippen LogP contribution in [-0.4, -0.2) is 12.5 Å². The van der Waals surface area contributed by atoms with Gasteiger partial charge in [0.15, 0.2) is 11.6 Å². The fourth-order valence-electron chi connectivity index (χ4n) is 6.71. The number of allylic oxidation sites excluding steroid dienone is 2. The zero-order valence-electron chi connectivity index (χ0n) is 22.8. The van der Waals surface area contributed by atoms with Gasteiger partial charge >= 0.3 is 12.5 Å². The van der Waals surface area contributed by atoms with E-state index in [0.29, 0.717) is 49.7 Å². The summed E-state index contributed by atoms with van der Waals surface area (Å²) in [5, 5.41) is 0. The van der Waals surface area contributed by atoms with E-state index in [0.717, 1.165) is 36.7 Å². The molecule has 1 aromatic rings. The van der Waals surface area contributed by atoms with Crippen LogP contribution in [0.5, 0.6) is 11.5 Å². The normalized spacial score (nSPS) is 30.8. The van der Waals surface area contributed by atoms with Gasteiger partial charge in [0.2, 0.25) is 0 Å². The van der Waals surface area contributed by atoms with Crippen LogP contribution in [0.2, 0.25) is 0 Å². The molecule has 0 radical (unpaired) electrons. The van der Waals surface area contributed by atoms with Crippen LogP contribution in [0.3, 0.4) is 0 Å². The van der Waals surface area contributed by atoms with Crippen LogP contribution < -0.4 is 9.47 Å². The number of benzene rings is 1. The van der Waals surface area contributed by atoms with Crippen molar-refractivity contribution in [2.45, 2.75) is 109 Å². The summed E-state index contributed by atoms with van der Waals surface area (Å²) in [4.78, 5) is 0. The largest absolute Gasteiger partial charge is 0.573 e. The van der Waals surface area contributed by atoms with Crippen molar-refractivity contribution < 1.29 is 35.8 Å². The SMILES string of the molecule is CC1CCC(/C=C/C2CCC(CCC3CCC(C(F)(F)Oc4ccc(OC(F)(F)F)c(F)c4)CC3)CC2)CC1. The van der Waals surface area contributed by atoms with E-state index in [2.05, 4.69) is 23.8 Å². The summed E-state index contributed by atoms with van der Waals surface area (Å²) in [5.41, 5.74) is 0. The number of alkyl halides is 5. The van der Waals surface area contributed by atoms with Crippen molar-refractivity contribution in [1.82, 2.24) is 0 Å². The Kier molecular flexibility index (Phi) is 10.2. The number of hydrogen-bond acceptors (Lipinski definition) is 2.